The maximum Gasteiger partial charge on any atom is 0.262 e. The normalized spacial score (nSPS) is 11.3. The van der Waals surface area contributed by atoms with Crippen LogP contribution in [0.25, 0.3) is 0 Å². The zero-order valence-corrected chi connectivity index (χ0v) is 14.0. The van der Waals surface area contributed by atoms with E-state index < -0.39 is 6.04 Å². The van der Waals surface area contributed by atoms with Crippen molar-refractivity contribution >= 4 is 17.5 Å². The summed E-state index contributed by atoms with van der Waals surface area (Å²) >= 11 is 0. The highest BCUT2D eigenvalue weighted by Gasteiger charge is 2.12. The van der Waals surface area contributed by atoms with Gasteiger partial charge in [-0.2, -0.15) is 4.91 Å². The summed E-state index contributed by atoms with van der Waals surface area (Å²) in [5, 5.41) is 8.13. The van der Waals surface area contributed by atoms with Gasteiger partial charge in [0.05, 0.1) is 11.3 Å². The van der Waals surface area contributed by atoms with Crippen LogP contribution in [0.5, 0.6) is 5.75 Å². The van der Waals surface area contributed by atoms with E-state index in [0.29, 0.717) is 17.0 Å². The maximum atomic E-state index is 12.0. The molecular formula is C18H19N3O4. The predicted molar refractivity (Wildman–Crippen MR) is 94.6 cm³/mol. The molecule has 0 aliphatic heterocycles. The van der Waals surface area contributed by atoms with Crippen LogP contribution in [0.3, 0.4) is 0 Å². The Morgan fingerprint density at radius 1 is 1.12 bits per heavy atom. The fraction of sp³-hybridized carbons (Fsp3) is 0.222. The molecule has 25 heavy (non-hydrogen) atoms. The van der Waals surface area contributed by atoms with Crippen LogP contribution >= 0.6 is 0 Å². The Bertz CT molecular complexity index is 759. The van der Waals surface area contributed by atoms with Gasteiger partial charge in [-0.3, -0.25) is 9.59 Å². The number of amides is 2. The number of carbonyl (C=O) groups is 2. The fourth-order valence-electron chi connectivity index (χ4n) is 2.16. The molecule has 130 valence electrons. The van der Waals surface area contributed by atoms with Gasteiger partial charge in [0.2, 0.25) is 0 Å². The molecule has 0 fully saturated rings. The number of anilines is 1. The topological polar surface area (TPSA) is 96.9 Å². The van der Waals surface area contributed by atoms with E-state index in [9.17, 15) is 14.5 Å². The fourth-order valence-corrected chi connectivity index (χ4v) is 2.16. The van der Waals surface area contributed by atoms with Gasteiger partial charge in [-0.1, -0.05) is 29.4 Å². The standard InChI is InChI=1S/C18H19N3O4/c1-12(21-24)13-7-9-14(10-8-13)25-11-17(22)20-16-6-4-3-5-15(16)18(23)19-2/h3-10,12H,11H2,1-2H3,(H,19,23)(H,20,22). The maximum absolute atomic E-state index is 12.0. The van der Waals surface area contributed by atoms with Crippen LogP contribution in [-0.4, -0.2) is 25.5 Å². The van der Waals surface area contributed by atoms with Crippen molar-refractivity contribution in [3.8, 4) is 5.75 Å². The van der Waals surface area contributed by atoms with Gasteiger partial charge < -0.3 is 15.4 Å². The lowest BCUT2D eigenvalue weighted by Crippen LogP contribution is -2.24. The number of carbonyl (C=O) groups excluding carboxylic acids is 2. The second-order valence-electron chi connectivity index (χ2n) is 5.31. The van der Waals surface area contributed by atoms with E-state index in [1.165, 1.54) is 7.05 Å². The smallest absolute Gasteiger partial charge is 0.262 e. The van der Waals surface area contributed by atoms with E-state index in [-0.39, 0.29) is 18.4 Å². The molecule has 0 saturated heterocycles. The van der Waals surface area contributed by atoms with E-state index in [2.05, 4.69) is 15.8 Å². The van der Waals surface area contributed by atoms with Crippen molar-refractivity contribution in [2.24, 2.45) is 5.18 Å². The summed E-state index contributed by atoms with van der Waals surface area (Å²) in [6.07, 6.45) is 0. The first-order valence-corrected chi connectivity index (χ1v) is 7.71. The van der Waals surface area contributed by atoms with Gasteiger partial charge in [0.15, 0.2) is 6.61 Å². The molecule has 0 aromatic heterocycles. The predicted octanol–water partition coefficient (Wildman–Crippen LogP) is 2.89. The minimum Gasteiger partial charge on any atom is -0.484 e. The molecule has 2 N–H and O–H groups in total. The summed E-state index contributed by atoms with van der Waals surface area (Å²) in [4.78, 5) is 34.3. The molecule has 0 saturated carbocycles. The van der Waals surface area contributed by atoms with Gasteiger partial charge in [-0.25, -0.2) is 0 Å². The molecule has 0 heterocycles. The largest absolute Gasteiger partial charge is 0.484 e. The molecule has 0 bridgehead atoms. The van der Waals surface area contributed by atoms with Crippen molar-refractivity contribution in [1.82, 2.24) is 5.32 Å². The Labute approximate surface area is 145 Å². The molecule has 0 radical (unpaired) electrons. The van der Waals surface area contributed by atoms with Crippen molar-refractivity contribution in [3.05, 3.63) is 64.6 Å². The Kier molecular flexibility index (Phi) is 6.22. The van der Waals surface area contributed by atoms with Crippen molar-refractivity contribution in [2.75, 3.05) is 19.0 Å². The second-order valence-corrected chi connectivity index (χ2v) is 5.31. The quantitative estimate of drug-likeness (QED) is 0.757. The number of para-hydroxylation sites is 1. The average molecular weight is 341 g/mol. The SMILES string of the molecule is CNC(=O)c1ccccc1NC(=O)COc1ccc(C(C)N=O)cc1. The highest BCUT2D eigenvalue weighted by Crippen LogP contribution is 2.20. The lowest BCUT2D eigenvalue weighted by Gasteiger charge is -2.11. The number of ether oxygens (including phenoxy) is 1. The van der Waals surface area contributed by atoms with Crippen LogP contribution < -0.4 is 15.4 Å². The van der Waals surface area contributed by atoms with E-state index in [1.54, 1.807) is 55.5 Å². The van der Waals surface area contributed by atoms with Gasteiger partial charge >= 0.3 is 0 Å². The van der Waals surface area contributed by atoms with Crippen molar-refractivity contribution in [1.29, 1.82) is 0 Å². The number of rotatable bonds is 7. The third kappa shape index (κ3) is 4.87. The summed E-state index contributed by atoms with van der Waals surface area (Å²) in [6.45, 7) is 1.49. The number of benzene rings is 2. The van der Waals surface area contributed by atoms with Crippen LogP contribution in [0.4, 0.5) is 5.69 Å². The highest BCUT2D eigenvalue weighted by molar-refractivity contribution is 6.03. The Hall–Kier alpha value is -3.22. The van der Waals surface area contributed by atoms with Crippen LogP contribution in [-0.2, 0) is 4.79 Å². The Morgan fingerprint density at radius 3 is 2.44 bits per heavy atom. The van der Waals surface area contributed by atoms with Crippen LogP contribution in [0.1, 0.15) is 28.9 Å². The minimum absolute atomic E-state index is 0.205. The summed E-state index contributed by atoms with van der Waals surface area (Å²) in [5.41, 5.74) is 1.56. The molecule has 2 aromatic carbocycles. The Morgan fingerprint density at radius 2 is 1.80 bits per heavy atom. The second kappa shape index (κ2) is 8.58. The molecule has 1 unspecified atom stereocenters. The van der Waals surface area contributed by atoms with Crippen LogP contribution in [0.2, 0.25) is 0 Å². The van der Waals surface area contributed by atoms with Gasteiger partial charge in [0, 0.05) is 7.05 Å². The molecule has 0 spiro atoms. The average Bonchev–Trinajstić information content (AvgIpc) is 2.66. The van der Waals surface area contributed by atoms with E-state index in [1.807, 2.05) is 0 Å². The monoisotopic (exact) mass is 341 g/mol. The zero-order chi connectivity index (χ0) is 18.2. The molecular weight excluding hydrogens is 322 g/mol. The zero-order valence-electron chi connectivity index (χ0n) is 14.0. The number of hydrogen-bond donors (Lipinski definition) is 2. The first kappa shape index (κ1) is 18.1. The van der Waals surface area contributed by atoms with Gasteiger partial charge in [-0.05, 0) is 36.8 Å². The summed E-state index contributed by atoms with van der Waals surface area (Å²) in [7, 11) is 1.52. The number of nitrogens with one attached hydrogen (secondary N) is 2. The highest BCUT2D eigenvalue weighted by atomic mass is 16.5. The van der Waals surface area contributed by atoms with Crippen molar-refractivity contribution in [2.45, 2.75) is 13.0 Å². The first-order valence-electron chi connectivity index (χ1n) is 7.71. The molecule has 0 aliphatic rings. The Balaban J connectivity index is 1.95. The minimum atomic E-state index is -0.432. The van der Waals surface area contributed by atoms with Gasteiger partial charge in [0.1, 0.15) is 11.8 Å². The van der Waals surface area contributed by atoms with E-state index >= 15 is 0 Å². The lowest BCUT2D eigenvalue weighted by molar-refractivity contribution is -0.118. The molecule has 7 nitrogen and oxygen atoms in total. The van der Waals surface area contributed by atoms with Crippen LogP contribution in [0, 0.1) is 4.91 Å². The van der Waals surface area contributed by atoms with Gasteiger partial charge in [0.25, 0.3) is 11.8 Å². The molecule has 2 amide bonds. The number of hydrogen-bond acceptors (Lipinski definition) is 5. The number of nitroso groups, excluding NO2 is 1. The van der Waals surface area contributed by atoms with E-state index in [4.69, 9.17) is 4.74 Å². The summed E-state index contributed by atoms with van der Waals surface area (Å²) in [6, 6.07) is 13.1. The summed E-state index contributed by atoms with van der Waals surface area (Å²) in [5.74, 6) is -0.176. The van der Waals surface area contributed by atoms with Crippen molar-refractivity contribution < 1.29 is 14.3 Å². The third-order valence-corrected chi connectivity index (χ3v) is 3.56. The third-order valence-electron chi connectivity index (χ3n) is 3.56. The first-order chi connectivity index (χ1) is 12.0. The number of nitrogens with zero attached hydrogens (tertiary/aromatic N) is 1. The summed E-state index contributed by atoms with van der Waals surface area (Å²) < 4.78 is 5.41. The van der Waals surface area contributed by atoms with E-state index in [0.717, 1.165) is 5.56 Å². The molecule has 0 aliphatic carbocycles. The molecule has 7 heteroatoms. The van der Waals surface area contributed by atoms with Gasteiger partial charge in [-0.15, -0.1) is 0 Å². The molecule has 2 rings (SSSR count). The lowest BCUT2D eigenvalue weighted by atomic mass is 10.1. The van der Waals surface area contributed by atoms with Crippen LogP contribution in [0.15, 0.2) is 53.7 Å². The molecule has 2 aromatic rings. The molecule has 1 atom stereocenters. The van der Waals surface area contributed by atoms with Crippen molar-refractivity contribution in [3.63, 3.8) is 0 Å².